The van der Waals surface area contributed by atoms with Crippen molar-refractivity contribution in [3.8, 4) is 5.88 Å². The molecule has 6 rings (SSSR count). The molecule has 0 unspecified atom stereocenters. The summed E-state index contributed by atoms with van der Waals surface area (Å²) in [6.07, 6.45) is 10.7. The fraction of sp³-hybridized carbons (Fsp3) is 0.233. The number of nitrogens with one attached hydrogen (secondary N) is 1. The van der Waals surface area contributed by atoms with Gasteiger partial charge in [0.25, 0.3) is 5.88 Å². The van der Waals surface area contributed by atoms with Gasteiger partial charge in [0.1, 0.15) is 29.5 Å². The number of hydrogen-bond donors (Lipinski definition) is 3. The van der Waals surface area contributed by atoms with Gasteiger partial charge < -0.3 is 21.5 Å². The molecule has 11 heteroatoms. The summed E-state index contributed by atoms with van der Waals surface area (Å²) >= 11 is 0. The van der Waals surface area contributed by atoms with E-state index in [9.17, 15) is 0 Å². The van der Waals surface area contributed by atoms with Crippen molar-refractivity contribution in [3.63, 3.8) is 0 Å². The molecule has 5 heterocycles. The predicted molar refractivity (Wildman–Crippen MR) is 164 cm³/mol. The normalized spacial score (nSPS) is 11.4. The Kier molecular flexibility index (Phi) is 7.79. The third kappa shape index (κ3) is 6.42. The standard InChI is InChI=1S/C16H20N5.C14H18N5O/c1-21(2,3)13-9-7-12(8-10-13)18-16-15(17)14-6-4-5-11-20(14)19-16;1-17-8-9-18(11-17)6-4-10-20-14-13(15)12-5-2-3-7-19(12)16-14/h4-11H,17H2,1-3H3,(H,18,19);2-3,5,7-9,11H,4,6,10,15H2,1H3/q2*+1. The molecule has 0 amide bonds. The molecule has 0 fully saturated rings. The number of aryl methyl sites for hydroxylation is 2. The molecule has 41 heavy (non-hydrogen) atoms. The van der Waals surface area contributed by atoms with Crippen molar-refractivity contribution >= 4 is 39.6 Å². The van der Waals surface area contributed by atoms with Crippen molar-refractivity contribution in [2.75, 3.05) is 44.5 Å². The van der Waals surface area contributed by atoms with Crippen LogP contribution in [-0.2, 0) is 13.6 Å². The van der Waals surface area contributed by atoms with Crippen LogP contribution in [0.4, 0.5) is 28.6 Å². The second-order valence-electron chi connectivity index (χ2n) is 10.7. The number of benzene rings is 1. The maximum Gasteiger partial charge on any atom is 0.257 e. The first kappa shape index (κ1) is 27.5. The third-order valence-corrected chi connectivity index (χ3v) is 6.65. The topological polar surface area (TPSA) is 117 Å². The number of imidazole rings is 1. The lowest BCUT2D eigenvalue weighted by atomic mass is 10.2. The average molecular weight is 555 g/mol. The van der Waals surface area contributed by atoms with Gasteiger partial charge in [0.05, 0.1) is 52.4 Å². The van der Waals surface area contributed by atoms with Crippen LogP contribution in [0.3, 0.4) is 0 Å². The van der Waals surface area contributed by atoms with Crippen molar-refractivity contribution in [1.29, 1.82) is 0 Å². The Morgan fingerprint density at radius 3 is 2.10 bits per heavy atom. The van der Waals surface area contributed by atoms with E-state index >= 15 is 0 Å². The van der Waals surface area contributed by atoms with Crippen molar-refractivity contribution in [1.82, 2.24) is 28.3 Å². The van der Waals surface area contributed by atoms with Gasteiger partial charge in [-0.1, -0.05) is 12.1 Å². The Balaban J connectivity index is 0.000000165. The van der Waals surface area contributed by atoms with Gasteiger partial charge in [-0.3, -0.25) is 4.48 Å². The number of aromatic nitrogens is 6. The molecule has 0 aliphatic carbocycles. The van der Waals surface area contributed by atoms with Crippen LogP contribution in [0.1, 0.15) is 6.42 Å². The molecule has 5 N–H and O–H groups in total. The molecular weight excluding hydrogens is 516 g/mol. The maximum absolute atomic E-state index is 6.14. The van der Waals surface area contributed by atoms with Gasteiger partial charge in [-0.15, -0.1) is 10.2 Å². The van der Waals surface area contributed by atoms with E-state index in [-0.39, 0.29) is 0 Å². The Labute approximate surface area is 239 Å². The molecule has 0 saturated heterocycles. The second kappa shape index (κ2) is 11.6. The molecule has 0 saturated carbocycles. The van der Waals surface area contributed by atoms with Crippen LogP contribution >= 0.6 is 0 Å². The summed E-state index contributed by atoms with van der Waals surface area (Å²) in [5.74, 6) is 1.19. The molecule has 11 nitrogen and oxygen atoms in total. The minimum absolute atomic E-state index is 0.509. The van der Waals surface area contributed by atoms with Crippen LogP contribution in [0.5, 0.6) is 5.88 Å². The predicted octanol–water partition coefficient (Wildman–Crippen LogP) is 3.87. The first-order chi connectivity index (χ1) is 19.7. The molecule has 5 aromatic heterocycles. The van der Waals surface area contributed by atoms with Crippen LogP contribution in [-0.4, -0.2) is 51.5 Å². The molecule has 0 atom stereocenters. The van der Waals surface area contributed by atoms with E-state index in [0.29, 0.717) is 29.7 Å². The number of quaternary nitrogens is 1. The molecule has 0 radical (unpaired) electrons. The van der Waals surface area contributed by atoms with Gasteiger partial charge in [0.2, 0.25) is 6.33 Å². The summed E-state index contributed by atoms with van der Waals surface area (Å²) in [5, 5.41) is 12.1. The number of rotatable bonds is 8. The van der Waals surface area contributed by atoms with E-state index in [1.807, 2.05) is 91.3 Å². The molecule has 212 valence electrons. The van der Waals surface area contributed by atoms with E-state index < -0.39 is 0 Å². The summed E-state index contributed by atoms with van der Waals surface area (Å²) < 4.78 is 14.1. The highest BCUT2D eigenvalue weighted by Crippen LogP contribution is 2.28. The zero-order chi connectivity index (χ0) is 29.0. The quantitative estimate of drug-likeness (QED) is 0.149. The highest BCUT2D eigenvalue weighted by atomic mass is 16.5. The third-order valence-electron chi connectivity index (χ3n) is 6.65. The molecule has 0 aliphatic rings. The van der Waals surface area contributed by atoms with Gasteiger partial charge in [-0.05, 0) is 36.4 Å². The van der Waals surface area contributed by atoms with E-state index in [2.05, 4.69) is 53.4 Å². The number of fused-ring (bicyclic) bond motifs is 2. The molecule has 6 aromatic rings. The number of nitrogen functional groups attached to an aromatic ring is 2. The monoisotopic (exact) mass is 554 g/mol. The number of ether oxygens (including phenoxy) is 1. The highest BCUT2D eigenvalue weighted by molar-refractivity contribution is 5.83. The lowest BCUT2D eigenvalue weighted by Gasteiger charge is -2.23. The van der Waals surface area contributed by atoms with Gasteiger partial charge in [-0.2, -0.15) is 0 Å². The molecule has 0 aliphatic heterocycles. The van der Waals surface area contributed by atoms with E-state index in [4.69, 9.17) is 16.2 Å². The van der Waals surface area contributed by atoms with Gasteiger partial charge >= 0.3 is 0 Å². The minimum atomic E-state index is 0.509. The lowest BCUT2D eigenvalue weighted by Crippen LogP contribution is -2.34. The van der Waals surface area contributed by atoms with Crippen LogP contribution in [0.15, 0.2) is 91.8 Å². The first-order valence-corrected chi connectivity index (χ1v) is 13.5. The van der Waals surface area contributed by atoms with Crippen LogP contribution in [0, 0.1) is 0 Å². The zero-order valence-electron chi connectivity index (χ0n) is 24.0. The first-order valence-electron chi connectivity index (χ1n) is 13.5. The summed E-state index contributed by atoms with van der Waals surface area (Å²) in [6, 6.07) is 19.9. The summed E-state index contributed by atoms with van der Waals surface area (Å²) in [7, 11) is 8.43. The fourth-order valence-electron chi connectivity index (χ4n) is 4.39. The van der Waals surface area contributed by atoms with E-state index in [1.165, 1.54) is 5.69 Å². The highest BCUT2D eigenvalue weighted by Gasteiger charge is 2.13. The fourth-order valence-corrected chi connectivity index (χ4v) is 4.39. The Bertz CT molecular complexity index is 1740. The lowest BCUT2D eigenvalue weighted by molar-refractivity contribution is -0.671. The van der Waals surface area contributed by atoms with Crippen LogP contribution in [0.2, 0.25) is 0 Å². The Hall–Kier alpha value is -5.03. The molecule has 1 aromatic carbocycles. The van der Waals surface area contributed by atoms with Gasteiger partial charge in [0.15, 0.2) is 5.82 Å². The molecule has 0 spiro atoms. The summed E-state index contributed by atoms with van der Waals surface area (Å²) in [6.45, 7) is 1.50. The zero-order valence-corrected chi connectivity index (χ0v) is 24.0. The summed E-state index contributed by atoms with van der Waals surface area (Å²) in [4.78, 5) is 0. The van der Waals surface area contributed by atoms with Gasteiger partial charge in [0, 0.05) is 36.6 Å². The van der Waals surface area contributed by atoms with Crippen molar-refractivity contribution in [2.45, 2.75) is 13.0 Å². The number of anilines is 4. The number of hydrogen-bond acceptors (Lipinski definition) is 6. The van der Waals surface area contributed by atoms with Crippen molar-refractivity contribution < 1.29 is 9.30 Å². The van der Waals surface area contributed by atoms with E-state index in [1.54, 1.807) is 9.03 Å². The smallest absolute Gasteiger partial charge is 0.257 e. The second-order valence-corrected chi connectivity index (χ2v) is 10.7. The van der Waals surface area contributed by atoms with Crippen molar-refractivity contribution in [3.05, 3.63) is 91.8 Å². The number of pyridine rings is 2. The van der Waals surface area contributed by atoms with E-state index in [0.717, 1.165) is 34.2 Å². The maximum atomic E-state index is 6.14. The molecule has 0 bridgehead atoms. The largest absolute Gasteiger partial charge is 0.475 e. The number of nitrogens with two attached hydrogens (primary N) is 2. The minimum Gasteiger partial charge on any atom is -0.475 e. The van der Waals surface area contributed by atoms with Crippen LogP contribution < -0.4 is 30.6 Å². The number of nitrogens with zero attached hydrogens (tertiary/aromatic N) is 7. The van der Waals surface area contributed by atoms with Gasteiger partial charge in [-0.25, -0.2) is 18.2 Å². The Morgan fingerprint density at radius 2 is 1.51 bits per heavy atom. The SMILES string of the molecule is C[N+](C)(C)c1ccc(Nc2nn3ccccc3c2N)cc1.C[n+]1ccn(CCCOc2nn3ccccc3c2N)c1. The molecular formula is C30H38N10O+2. The van der Waals surface area contributed by atoms with Crippen LogP contribution in [0.25, 0.3) is 11.0 Å². The van der Waals surface area contributed by atoms with Crippen molar-refractivity contribution in [2.24, 2.45) is 7.05 Å². The summed E-state index contributed by atoms with van der Waals surface area (Å²) in [5.41, 5.74) is 17.4. The average Bonchev–Trinajstić information content (AvgIpc) is 3.62. The Morgan fingerprint density at radius 1 is 0.854 bits per heavy atom.